The van der Waals surface area contributed by atoms with E-state index in [0.717, 1.165) is 27.5 Å². The molecule has 0 fully saturated rings. The highest BCUT2D eigenvalue weighted by atomic mass is 32.2. The molecule has 6 nitrogen and oxygen atoms in total. The predicted octanol–water partition coefficient (Wildman–Crippen LogP) is 3.55. The highest BCUT2D eigenvalue weighted by molar-refractivity contribution is 7.91. The van der Waals surface area contributed by atoms with Gasteiger partial charge in [0.1, 0.15) is 9.22 Å². The van der Waals surface area contributed by atoms with Crippen molar-refractivity contribution < 1.29 is 13.2 Å². The van der Waals surface area contributed by atoms with E-state index in [1.54, 1.807) is 19.1 Å². The number of thiazole rings is 1. The number of benzene rings is 1. The van der Waals surface area contributed by atoms with Gasteiger partial charge in [-0.3, -0.25) is 4.79 Å². The molecule has 0 saturated heterocycles. The van der Waals surface area contributed by atoms with Crippen LogP contribution >= 0.6 is 22.7 Å². The molecule has 142 valence electrons. The summed E-state index contributed by atoms with van der Waals surface area (Å²) >= 11 is 2.56. The highest BCUT2D eigenvalue weighted by Crippen LogP contribution is 2.27. The number of rotatable bonds is 7. The first-order valence-electron chi connectivity index (χ1n) is 8.21. The van der Waals surface area contributed by atoms with Crippen LogP contribution in [0.4, 0.5) is 0 Å². The van der Waals surface area contributed by atoms with Gasteiger partial charge in [-0.1, -0.05) is 30.3 Å². The lowest BCUT2D eigenvalue weighted by Crippen LogP contribution is -2.26. The van der Waals surface area contributed by atoms with Gasteiger partial charge < -0.3 is 5.32 Å². The van der Waals surface area contributed by atoms with Gasteiger partial charge in [-0.15, -0.1) is 22.7 Å². The molecule has 1 aromatic carbocycles. The average molecular weight is 422 g/mol. The van der Waals surface area contributed by atoms with Crippen LogP contribution < -0.4 is 10.0 Å². The Kier molecular flexibility index (Phi) is 6.05. The summed E-state index contributed by atoms with van der Waals surface area (Å²) in [6, 6.07) is 12.6. The SMILES string of the molecule is CC(=O)NCc1ccc(S(=O)(=O)NC(C)c2nc(-c3ccccc3)cs2)s1. The zero-order valence-corrected chi connectivity index (χ0v) is 17.2. The minimum Gasteiger partial charge on any atom is -0.351 e. The van der Waals surface area contributed by atoms with Crippen LogP contribution in [0, 0.1) is 0 Å². The van der Waals surface area contributed by atoms with Crippen molar-refractivity contribution in [3.05, 3.63) is 57.7 Å². The summed E-state index contributed by atoms with van der Waals surface area (Å²) in [6.45, 7) is 3.52. The minimum absolute atomic E-state index is 0.155. The van der Waals surface area contributed by atoms with Crippen LogP contribution in [-0.4, -0.2) is 19.3 Å². The molecule has 1 atom stereocenters. The topological polar surface area (TPSA) is 88.2 Å². The van der Waals surface area contributed by atoms with Gasteiger partial charge in [-0.25, -0.2) is 18.1 Å². The van der Waals surface area contributed by atoms with Gasteiger partial charge in [0.2, 0.25) is 5.91 Å². The predicted molar refractivity (Wildman–Crippen MR) is 108 cm³/mol. The van der Waals surface area contributed by atoms with Gasteiger partial charge >= 0.3 is 0 Å². The summed E-state index contributed by atoms with van der Waals surface area (Å²) in [5.41, 5.74) is 1.83. The lowest BCUT2D eigenvalue weighted by atomic mass is 10.2. The molecule has 1 unspecified atom stereocenters. The molecule has 2 aromatic heterocycles. The first-order valence-corrected chi connectivity index (χ1v) is 11.4. The van der Waals surface area contributed by atoms with Crippen LogP contribution in [-0.2, 0) is 21.4 Å². The van der Waals surface area contributed by atoms with Crippen molar-refractivity contribution in [2.75, 3.05) is 0 Å². The third-order valence-corrected chi connectivity index (χ3v) is 7.85. The summed E-state index contributed by atoms with van der Waals surface area (Å²) in [5, 5.41) is 5.28. The average Bonchev–Trinajstić information content (AvgIpc) is 3.30. The number of nitrogens with zero attached hydrogens (tertiary/aromatic N) is 1. The number of aromatic nitrogens is 1. The molecule has 0 aliphatic heterocycles. The molecule has 3 aromatic rings. The molecule has 0 bridgehead atoms. The molecule has 0 radical (unpaired) electrons. The number of carbonyl (C=O) groups is 1. The molecule has 3 rings (SSSR count). The number of hydrogen-bond acceptors (Lipinski definition) is 6. The van der Waals surface area contributed by atoms with Gasteiger partial charge in [-0.05, 0) is 19.1 Å². The van der Waals surface area contributed by atoms with E-state index < -0.39 is 16.1 Å². The van der Waals surface area contributed by atoms with Gasteiger partial charge in [0.25, 0.3) is 10.0 Å². The largest absolute Gasteiger partial charge is 0.351 e. The van der Waals surface area contributed by atoms with E-state index in [1.807, 2.05) is 35.7 Å². The molecular weight excluding hydrogens is 402 g/mol. The second-order valence-corrected chi connectivity index (χ2v) is 9.91. The third-order valence-electron chi connectivity index (χ3n) is 3.71. The number of amides is 1. The smallest absolute Gasteiger partial charge is 0.250 e. The highest BCUT2D eigenvalue weighted by Gasteiger charge is 2.22. The quantitative estimate of drug-likeness (QED) is 0.611. The maximum atomic E-state index is 12.6. The second-order valence-electron chi connectivity index (χ2n) is 5.91. The number of hydrogen-bond donors (Lipinski definition) is 2. The maximum Gasteiger partial charge on any atom is 0.250 e. The Hall–Kier alpha value is -2.07. The summed E-state index contributed by atoms with van der Waals surface area (Å²) in [5.74, 6) is -0.155. The van der Waals surface area contributed by atoms with Gasteiger partial charge in [0.05, 0.1) is 18.3 Å². The summed E-state index contributed by atoms with van der Waals surface area (Å²) in [4.78, 5) is 16.3. The zero-order valence-electron chi connectivity index (χ0n) is 14.8. The molecule has 0 spiro atoms. The molecule has 9 heteroatoms. The summed E-state index contributed by atoms with van der Waals surface area (Å²) in [6.07, 6.45) is 0. The van der Waals surface area contributed by atoms with E-state index in [4.69, 9.17) is 0 Å². The van der Waals surface area contributed by atoms with Gasteiger partial charge in [0.15, 0.2) is 0 Å². The van der Waals surface area contributed by atoms with Crippen LogP contribution in [0.2, 0.25) is 0 Å². The molecule has 2 N–H and O–H groups in total. The third kappa shape index (κ3) is 5.01. The molecular formula is C18H19N3O3S3. The molecule has 0 aliphatic rings. The van der Waals surface area contributed by atoms with E-state index in [1.165, 1.54) is 18.3 Å². The normalized spacial score (nSPS) is 12.7. The van der Waals surface area contributed by atoms with Crippen molar-refractivity contribution >= 4 is 38.6 Å². The van der Waals surface area contributed by atoms with E-state index in [2.05, 4.69) is 15.0 Å². The number of thiophene rings is 1. The maximum absolute atomic E-state index is 12.6. The van der Waals surface area contributed by atoms with Crippen molar-refractivity contribution in [1.82, 2.24) is 15.0 Å². The Morgan fingerprint density at radius 1 is 1.19 bits per heavy atom. The number of sulfonamides is 1. The van der Waals surface area contributed by atoms with Crippen LogP contribution in [0.1, 0.15) is 29.8 Å². The van der Waals surface area contributed by atoms with E-state index in [-0.39, 0.29) is 10.1 Å². The van der Waals surface area contributed by atoms with E-state index in [0.29, 0.717) is 11.6 Å². The zero-order chi connectivity index (χ0) is 19.4. The number of nitrogens with one attached hydrogen (secondary N) is 2. The Morgan fingerprint density at radius 2 is 1.93 bits per heavy atom. The van der Waals surface area contributed by atoms with Gasteiger partial charge in [0, 0.05) is 22.7 Å². The Bertz CT molecular complexity index is 1030. The van der Waals surface area contributed by atoms with E-state index >= 15 is 0 Å². The lowest BCUT2D eigenvalue weighted by molar-refractivity contribution is -0.119. The van der Waals surface area contributed by atoms with Crippen LogP contribution in [0.3, 0.4) is 0 Å². The minimum atomic E-state index is -3.66. The molecule has 2 heterocycles. The first kappa shape index (κ1) is 19.7. The summed E-state index contributed by atoms with van der Waals surface area (Å²) in [7, 11) is -3.66. The number of carbonyl (C=O) groups excluding carboxylic acids is 1. The second kappa shape index (κ2) is 8.30. The lowest BCUT2D eigenvalue weighted by Gasteiger charge is -2.10. The molecule has 1 amide bonds. The Balaban J connectivity index is 1.70. The van der Waals surface area contributed by atoms with Crippen molar-refractivity contribution in [2.45, 2.75) is 30.6 Å². The fourth-order valence-corrected chi connectivity index (χ4v) is 5.81. The van der Waals surface area contributed by atoms with Gasteiger partial charge in [-0.2, -0.15) is 0 Å². The van der Waals surface area contributed by atoms with E-state index in [9.17, 15) is 13.2 Å². The molecule has 27 heavy (non-hydrogen) atoms. The van der Waals surface area contributed by atoms with Crippen LogP contribution in [0.5, 0.6) is 0 Å². The fourth-order valence-electron chi connectivity index (χ4n) is 2.38. The van der Waals surface area contributed by atoms with Crippen LogP contribution in [0.25, 0.3) is 11.3 Å². The van der Waals surface area contributed by atoms with Crippen LogP contribution in [0.15, 0.2) is 52.1 Å². The van der Waals surface area contributed by atoms with Crippen molar-refractivity contribution in [3.63, 3.8) is 0 Å². The summed E-state index contributed by atoms with van der Waals surface area (Å²) < 4.78 is 28.2. The fraction of sp³-hybridized carbons (Fsp3) is 0.222. The molecule has 0 aliphatic carbocycles. The standard InChI is InChI=1S/C18H19N3O3S3/c1-12(18-20-16(11-25-18)14-6-4-3-5-7-14)21-27(23,24)17-9-8-15(26-17)10-19-13(2)22/h3-9,11-12,21H,10H2,1-2H3,(H,19,22). The first-order chi connectivity index (χ1) is 12.8. The Labute approximate surface area is 166 Å². The monoisotopic (exact) mass is 421 g/mol. The Morgan fingerprint density at radius 3 is 2.63 bits per heavy atom. The van der Waals surface area contributed by atoms with Crippen molar-refractivity contribution in [1.29, 1.82) is 0 Å². The van der Waals surface area contributed by atoms with Crippen molar-refractivity contribution in [3.8, 4) is 11.3 Å². The van der Waals surface area contributed by atoms with Crippen molar-refractivity contribution in [2.24, 2.45) is 0 Å². The molecule has 0 saturated carbocycles.